The molecule has 152 valence electrons. The Morgan fingerprint density at radius 3 is 2.74 bits per heavy atom. The minimum Gasteiger partial charge on any atom is -0.493 e. The molecule has 27 heavy (non-hydrogen) atoms. The van der Waals surface area contributed by atoms with E-state index in [0.29, 0.717) is 37.7 Å². The van der Waals surface area contributed by atoms with Gasteiger partial charge in [-0.15, -0.1) is 12.4 Å². The molecule has 1 aromatic rings. The lowest BCUT2D eigenvalue weighted by atomic mass is 10.1. The van der Waals surface area contributed by atoms with E-state index in [2.05, 4.69) is 10.6 Å². The molecule has 0 spiro atoms. The largest absolute Gasteiger partial charge is 0.493 e. The fraction of sp³-hybridized carbons (Fsp3) is 0.556. The molecule has 1 aliphatic rings. The van der Waals surface area contributed by atoms with Crippen molar-refractivity contribution in [2.45, 2.75) is 19.0 Å². The molecular weight excluding hydrogens is 374 g/mol. The first-order valence-electron chi connectivity index (χ1n) is 8.57. The molecule has 1 aliphatic heterocycles. The summed E-state index contributed by atoms with van der Waals surface area (Å²) < 4.78 is 16.2. The summed E-state index contributed by atoms with van der Waals surface area (Å²) >= 11 is 0. The number of rotatable bonds is 8. The zero-order valence-corrected chi connectivity index (χ0v) is 16.8. The molecule has 2 rings (SSSR count). The molecule has 0 radical (unpaired) electrons. The number of nitrogens with one attached hydrogen (secondary N) is 2. The van der Waals surface area contributed by atoms with E-state index < -0.39 is 0 Å². The molecule has 9 heteroatoms. The van der Waals surface area contributed by atoms with Gasteiger partial charge in [-0.1, -0.05) is 6.07 Å². The number of carbonyl (C=O) groups is 2. The van der Waals surface area contributed by atoms with Crippen molar-refractivity contribution in [2.24, 2.45) is 0 Å². The highest BCUT2D eigenvalue weighted by Gasteiger charge is 2.17. The first-order valence-corrected chi connectivity index (χ1v) is 8.57. The van der Waals surface area contributed by atoms with Crippen LogP contribution in [0.15, 0.2) is 18.2 Å². The van der Waals surface area contributed by atoms with Crippen LogP contribution in [-0.2, 0) is 20.9 Å². The maximum Gasteiger partial charge on any atom is 0.259 e. The third-order valence-corrected chi connectivity index (χ3v) is 4.00. The standard InChI is InChI=1S/C18H27N3O5.ClH/c1-21(2)18(23)12-26-15-5-4-13(8-16(15)24-3)10-20-17(22)9-14-11-25-7-6-19-14;/h4-5,8,14,19H,6-7,9-12H2,1-3H3,(H,20,22);1H. The molecule has 0 aromatic heterocycles. The molecular formula is C18H28ClN3O5. The monoisotopic (exact) mass is 401 g/mol. The predicted molar refractivity (Wildman–Crippen MR) is 104 cm³/mol. The number of benzene rings is 1. The number of amides is 2. The normalized spacial score (nSPS) is 16.0. The van der Waals surface area contributed by atoms with E-state index in [9.17, 15) is 9.59 Å². The number of hydrogen-bond donors (Lipinski definition) is 2. The molecule has 1 atom stereocenters. The van der Waals surface area contributed by atoms with Crippen LogP contribution in [-0.4, -0.2) is 70.3 Å². The fourth-order valence-corrected chi connectivity index (χ4v) is 2.46. The summed E-state index contributed by atoms with van der Waals surface area (Å²) in [5.41, 5.74) is 0.884. The third kappa shape index (κ3) is 7.62. The first-order chi connectivity index (χ1) is 12.5. The van der Waals surface area contributed by atoms with E-state index in [1.807, 2.05) is 6.07 Å². The van der Waals surface area contributed by atoms with Gasteiger partial charge < -0.3 is 29.7 Å². The Hall–Kier alpha value is -2.03. The van der Waals surface area contributed by atoms with Crippen molar-refractivity contribution in [3.63, 3.8) is 0 Å². The highest BCUT2D eigenvalue weighted by Crippen LogP contribution is 2.28. The molecule has 1 unspecified atom stereocenters. The summed E-state index contributed by atoms with van der Waals surface area (Å²) in [6, 6.07) is 5.42. The van der Waals surface area contributed by atoms with Gasteiger partial charge in [-0.05, 0) is 17.7 Å². The summed E-state index contributed by atoms with van der Waals surface area (Å²) in [7, 11) is 4.88. The van der Waals surface area contributed by atoms with E-state index in [4.69, 9.17) is 14.2 Å². The Balaban J connectivity index is 0.00000364. The summed E-state index contributed by atoms with van der Waals surface area (Å²) in [6.07, 6.45) is 0.380. The Bertz CT molecular complexity index is 621. The van der Waals surface area contributed by atoms with Gasteiger partial charge in [-0.25, -0.2) is 0 Å². The number of methoxy groups -OCH3 is 1. The molecule has 1 saturated heterocycles. The lowest BCUT2D eigenvalue weighted by Crippen LogP contribution is -2.44. The molecule has 1 fully saturated rings. The quantitative estimate of drug-likeness (QED) is 0.662. The number of morpholine rings is 1. The van der Waals surface area contributed by atoms with Gasteiger partial charge >= 0.3 is 0 Å². The Kier molecular flexibility index (Phi) is 9.92. The zero-order valence-electron chi connectivity index (χ0n) is 15.9. The second-order valence-corrected chi connectivity index (χ2v) is 6.27. The summed E-state index contributed by atoms with van der Waals surface area (Å²) in [4.78, 5) is 25.1. The van der Waals surface area contributed by atoms with Gasteiger partial charge in [-0.3, -0.25) is 9.59 Å². The predicted octanol–water partition coefficient (Wildman–Crippen LogP) is 0.579. The summed E-state index contributed by atoms with van der Waals surface area (Å²) in [5, 5.41) is 6.14. The van der Waals surface area contributed by atoms with E-state index in [0.717, 1.165) is 12.1 Å². The molecule has 0 bridgehead atoms. The number of likely N-dealkylation sites (N-methyl/N-ethyl adjacent to an activating group) is 1. The molecule has 2 amide bonds. The number of hydrogen-bond acceptors (Lipinski definition) is 6. The van der Waals surface area contributed by atoms with Crippen LogP contribution in [0.5, 0.6) is 11.5 Å². The number of ether oxygens (including phenoxy) is 3. The van der Waals surface area contributed by atoms with Crippen molar-refractivity contribution in [3.8, 4) is 11.5 Å². The van der Waals surface area contributed by atoms with Crippen molar-refractivity contribution in [1.29, 1.82) is 0 Å². The Morgan fingerprint density at radius 1 is 1.33 bits per heavy atom. The van der Waals surface area contributed by atoms with Gasteiger partial charge in [0.2, 0.25) is 5.91 Å². The van der Waals surface area contributed by atoms with Crippen LogP contribution < -0.4 is 20.1 Å². The highest BCUT2D eigenvalue weighted by atomic mass is 35.5. The van der Waals surface area contributed by atoms with Crippen molar-refractivity contribution in [3.05, 3.63) is 23.8 Å². The van der Waals surface area contributed by atoms with Crippen LogP contribution in [0.3, 0.4) is 0 Å². The van der Waals surface area contributed by atoms with Gasteiger partial charge in [0.15, 0.2) is 18.1 Å². The summed E-state index contributed by atoms with van der Waals surface area (Å²) in [6.45, 7) is 2.34. The van der Waals surface area contributed by atoms with Crippen molar-refractivity contribution in [2.75, 3.05) is 47.6 Å². The van der Waals surface area contributed by atoms with Crippen LogP contribution in [0.25, 0.3) is 0 Å². The van der Waals surface area contributed by atoms with Crippen LogP contribution in [0.4, 0.5) is 0 Å². The highest BCUT2D eigenvalue weighted by molar-refractivity contribution is 5.85. The third-order valence-electron chi connectivity index (χ3n) is 4.00. The Labute approximate surface area is 165 Å². The van der Waals surface area contributed by atoms with E-state index >= 15 is 0 Å². The molecule has 2 N–H and O–H groups in total. The van der Waals surface area contributed by atoms with Crippen LogP contribution in [0.2, 0.25) is 0 Å². The van der Waals surface area contributed by atoms with Crippen LogP contribution in [0, 0.1) is 0 Å². The second-order valence-electron chi connectivity index (χ2n) is 6.27. The lowest BCUT2D eigenvalue weighted by Gasteiger charge is -2.23. The minimum absolute atomic E-state index is 0. The van der Waals surface area contributed by atoms with Gasteiger partial charge in [0.25, 0.3) is 5.91 Å². The van der Waals surface area contributed by atoms with Gasteiger partial charge in [0.1, 0.15) is 0 Å². The molecule has 0 aliphatic carbocycles. The van der Waals surface area contributed by atoms with Crippen molar-refractivity contribution >= 4 is 24.2 Å². The van der Waals surface area contributed by atoms with Crippen LogP contribution >= 0.6 is 12.4 Å². The fourth-order valence-electron chi connectivity index (χ4n) is 2.46. The molecule has 0 saturated carbocycles. The molecule has 1 heterocycles. The first kappa shape index (κ1) is 23.0. The van der Waals surface area contributed by atoms with Crippen molar-refractivity contribution < 1.29 is 23.8 Å². The Morgan fingerprint density at radius 2 is 2.11 bits per heavy atom. The lowest BCUT2D eigenvalue weighted by molar-refractivity contribution is -0.130. The smallest absolute Gasteiger partial charge is 0.259 e. The van der Waals surface area contributed by atoms with Gasteiger partial charge in [0, 0.05) is 39.6 Å². The minimum atomic E-state index is -0.135. The maximum absolute atomic E-state index is 12.0. The van der Waals surface area contributed by atoms with Crippen molar-refractivity contribution in [1.82, 2.24) is 15.5 Å². The maximum atomic E-state index is 12.0. The second kappa shape index (κ2) is 11.6. The zero-order chi connectivity index (χ0) is 18.9. The van der Waals surface area contributed by atoms with E-state index in [-0.39, 0.29) is 36.9 Å². The molecule has 8 nitrogen and oxygen atoms in total. The number of nitrogens with zero attached hydrogens (tertiary/aromatic N) is 1. The average molecular weight is 402 g/mol. The molecule has 1 aromatic carbocycles. The van der Waals surface area contributed by atoms with Gasteiger partial charge in [0.05, 0.1) is 20.3 Å². The van der Waals surface area contributed by atoms with E-state index in [1.54, 1.807) is 26.2 Å². The van der Waals surface area contributed by atoms with E-state index in [1.165, 1.54) is 12.0 Å². The van der Waals surface area contributed by atoms with Gasteiger partial charge in [-0.2, -0.15) is 0 Å². The topological polar surface area (TPSA) is 89.1 Å². The van der Waals surface area contributed by atoms with Crippen LogP contribution in [0.1, 0.15) is 12.0 Å². The SMILES string of the molecule is COc1cc(CNC(=O)CC2COCCN2)ccc1OCC(=O)N(C)C.Cl. The number of carbonyl (C=O) groups excluding carboxylic acids is 2. The summed E-state index contributed by atoms with van der Waals surface area (Å²) in [5.74, 6) is 0.833. The average Bonchev–Trinajstić information content (AvgIpc) is 2.65. The number of halogens is 1.